The SMILES string of the molecule is CCn1cnnc1CNCc1cc(OC)cc([N+](=O)[O-])c1. The van der Waals surface area contributed by atoms with Gasteiger partial charge in [-0.25, -0.2) is 0 Å². The average molecular weight is 291 g/mol. The number of hydrogen-bond acceptors (Lipinski definition) is 6. The summed E-state index contributed by atoms with van der Waals surface area (Å²) in [5, 5.41) is 21.9. The molecule has 1 aromatic heterocycles. The molecule has 0 bridgehead atoms. The van der Waals surface area contributed by atoms with Crippen LogP contribution in [0.2, 0.25) is 0 Å². The lowest BCUT2D eigenvalue weighted by Crippen LogP contribution is -2.16. The summed E-state index contributed by atoms with van der Waals surface area (Å²) in [4.78, 5) is 10.4. The first-order valence-electron chi connectivity index (χ1n) is 6.53. The maximum atomic E-state index is 10.9. The normalized spacial score (nSPS) is 10.6. The van der Waals surface area contributed by atoms with E-state index < -0.39 is 4.92 Å². The molecule has 0 atom stereocenters. The standard InChI is InChI=1S/C13H17N5O3/c1-3-17-9-15-16-13(17)8-14-7-10-4-11(18(19)20)6-12(5-10)21-2/h4-6,9,14H,3,7-8H2,1-2H3. The summed E-state index contributed by atoms with van der Waals surface area (Å²) in [5.41, 5.74) is 0.798. The lowest BCUT2D eigenvalue weighted by atomic mass is 10.2. The molecule has 0 saturated heterocycles. The van der Waals surface area contributed by atoms with Crippen LogP contribution in [0.5, 0.6) is 5.75 Å². The molecule has 2 aromatic rings. The molecule has 1 heterocycles. The van der Waals surface area contributed by atoms with Crippen LogP contribution in [0.15, 0.2) is 24.5 Å². The summed E-state index contributed by atoms with van der Waals surface area (Å²) in [6.45, 7) is 3.83. The van der Waals surface area contributed by atoms with Crippen molar-refractivity contribution in [2.75, 3.05) is 7.11 Å². The molecule has 21 heavy (non-hydrogen) atoms. The number of aryl methyl sites for hydroxylation is 1. The van der Waals surface area contributed by atoms with Gasteiger partial charge in [0.15, 0.2) is 0 Å². The van der Waals surface area contributed by atoms with Crippen LogP contribution in [-0.4, -0.2) is 26.8 Å². The van der Waals surface area contributed by atoms with Crippen LogP contribution < -0.4 is 10.1 Å². The van der Waals surface area contributed by atoms with E-state index in [9.17, 15) is 10.1 Å². The first-order valence-corrected chi connectivity index (χ1v) is 6.53. The van der Waals surface area contributed by atoms with Gasteiger partial charge in [0.05, 0.1) is 24.6 Å². The lowest BCUT2D eigenvalue weighted by molar-refractivity contribution is -0.385. The Hall–Kier alpha value is -2.48. The van der Waals surface area contributed by atoms with Gasteiger partial charge in [-0.1, -0.05) is 0 Å². The second kappa shape index (κ2) is 6.80. The molecule has 0 aliphatic carbocycles. The molecule has 112 valence electrons. The van der Waals surface area contributed by atoms with Crippen molar-refractivity contribution in [2.24, 2.45) is 0 Å². The van der Waals surface area contributed by atoms with Crippen LogP contribution in [0, 0.1) is 10.1 Å². The number of hydrogen-bond donors (Lipinski definition) is 1. The largest absolute Gasteiger partial charge is 0.496 e. The number of benzene rings is 1. The topological polar surface area (TPSA) is 95.1 Å². The van der Waals surface area contributed by atoms with Crippen molar-refractivity contribution in [1.82, 2.24) is 20.1 Å². The molecule has 8 nitrogen and oxygen atoms in total. The van der Waals surface area contributed by atoms with Gasteiger partial charge in [-0.3, -0.25) is 10.1 Å². The van der Waals surface area contributed by atoms with E-state index in [0.717, 1.165) is 17.9 Å². The van der Waals surface area contributed by atoms with Crippen molar-refractivity contribution >= 4 is 5.69 Å². The van der Waals surface area contributed by atoms with E-state index in [2.05, 4.69) is 15.5 Å². The highest BCUT2D eigenvalue weighted by atomic mass is 16.6. The second-order valence-corrected chi connectivity index (χ2v) is 4.43. The third-order valence-corrected chi connectivity index (χ3v) is 3.05. The van der Waals surface area contributed by atoms with E-state index >= 15 is 0 Å². The highest BCUT2D eigenvalue weighted by Crippen LogP contribution is 2.22. The van der Waals surface area contributed by atoms with Gasteiger partial charge in [0.1, 0.15) is 17.9 Å². The van der Waals surface area contributed by atoms with E-state index in [1.807, 2.05) is 11.5 Å². The van der Waals surface area contributed by atoms with Gasteiger partial charge in [0.25, 0.3) is 5.69 Å². The Bertz CT molecular complexity index is 626. The molecular weight excluding hydrogens is 274 g/mol. The predicted octanol–water partition coefficient (Wildman–Crippen LogP) is 1.50. The van der Waals surface area contributed by atoms with E-state index in [1.54, 1.807) is 12.4 Å². The quantitative estimate of drug-likeness (QED) is 0.613. The molecule has 0 fully saturated rings. The number of rotatable bonds is 7. The van der Waals surface area contributed by atoms with Crippen LogP contribution in [-0.2, 0) is 19.6 Å². The number of nitro groups is 1. The Balaban J connectivity index is 2.02. The Morgan fingerprint density at radius 1 is 1.38 bits per heavy atom. The molecule has 0 spiro atoms. The molecule has 0 amide bonds. The van der Waals surface area contributed by atoms with Gasteiger partial charge in [-0.15, -0.1) is 10.2 Å². The number of non-ortho nitro benzene ring substituents is 1. The fourth-order valence-electron chi connectivity index (χ4n) is 1.97. The lowest BCUT2D eigenvalue weighted by Gasteiger charge is -2.07. The summed E-state index contributed by atoms with van der Waals surface area (Å²) in [7, 11) is 1.49. The molecular formula is C13H17N5O3. The summed E-state index contributed by atoms with van der Waals surface area (Å²) in [6.07, 6.45) is 1.67. The first kappa shape index (κ1) is 14.9. The zero-order chi connectivity index (χ0) is 15.2. The molecule has 0 saturated carbocycles. The zero-order valence-corrected chi connectivity index (χ0v) is 11.9. The van der Waals surface area contributed by atoms with Crippen LogP contribution in [0.3, 0.4) is 0 Å². The van der Waals surface area contributed by atoms with Gasteiger partial charge >= 0.3 is 0 Å². The minimum absolute atomic E-state index is 0.0166. The molecule has 0 radical (unpaired) electrons. The molecule has 1 N–H and O–H groups in total. The summed E-state index contributed by atoms with van der Waals surface area (Å²) in [6, 6.07) is 4.70. The highest BCUT2D eigenvalue weighted by molar-refractivity contribution is 5.42. The average Bonchev–Trinajstić information content (AvgIpc) is 2.94. The first-order chi connectivity index (χ1) is 10.1. The Kier molecular flexibility index (Phi) is 4.83. The molecule has 0 aliphatic rings. The minimum Gasteiger partial charge on any atom is -0.496 e. The van der Waals surface area contributed by atoms with Crippen LogP contribution in [0.4, 0.5) is 5.69 Å². The smallest absolute Gasteiger partial charge is 0.273 e. The van der Waals surface area contributed by atoms with Crippen LogP contribution in [0.25, 0.3) is 0 Å². The van der Waals surface area contributed by atoms with Crippen molar-refractivity contribution in [3.05, 3.63) is 46.0 Å². The van der Waals surface area contributed by atoms with Gasteiger partial charge in [-0.05, 0) is 18.6 Å². The van der Waals surface area contributed by atoms with Gasteiger partial charge in [0.2, 0.25) is 0 Å². The highest BCUT2D eigenvalue weighted by Gasteiger charge is 2.10. The minimum atomic E-state index is -0.431. The number of nitrogens with one attached hydrogen (secondary N) is 1. The Labute approximate surface area is 121 Å². The van der Waals surface area contributed by atoms with Crippen molar-refractivity contribution < 1.29 is 9.66 Å². The molecule has 0 aliphatic heterocycles. The van der Waals surface area contributed by atoms with Gasteiger partial charge < -0.3 is 14.6 Å². The molecule has 2 rings (SSSR count). The van der Waals surface area contributed by atoms with Crippen LogP contribution >= 0.6 is 0 Å². The van der Waals surface area contributed by atoms with E-state index in [1.165, 1.54) is 19.2 Å². The Morgan fingerprint density at radius 3 is 2.86 bits per heavy atom. The monoisotopic (exact) mass is 291 g/mol. The molecule has 0 unspecified atom stereocenters. The number of ether oxygens (including phenoxy) is 1. The number of aromatic nitrogens is 3. The van der Waals surface area contributed by atoms with Crippen molar-refractivity contribution in [3.63, 3.8) is 0 Å². The van der Waals surface area contributed by atoms with Gasteiger partial charge in [-0.2, -0.15) is 0 Å². The summed E-state index contributed by atoms with van der Waals surface area (Å²) >= 11 is 0. The van der Waals surface area contributed by atoms with Crippen LogP contribution in [0.1, 0.15) is 18.3 Å². The fourth-order valence-corrected chi connectivity index (χ4v) is 1.97. The van der Waals surface area contributed by atoms with Gasteiger partial charge in [0, 0.05) is 19.2 Å². The Morgan fingerprint density at radius 2 is 2.19 bits per heavy atom. The van der Waals surface area contributed by atoms with E-state index in [-0.39, 0.29) is 5.69 Å². The number of nitro benzene ring substituents is 1. The molecule has 8 heteroatoms. The number of nitrogens with zero attached hydrogens (tertiary/aromatic N) is 4. The van der Waals surface area contributed by atoms with Crippen molar-refractivity contribution in [2.45, 2.75) is 26.6 Å². The third-order valence-electron chi connectivity index (χ3n) is 3.05. The van der Waals surface area contributed by atoms with E-state index in [0.29, 0.717) is 18.8 Å². The fraction of sp³-hybridized carbons (Fsp3) is 0.385. The predicted molar refractivity (Wildman–Crippen MR) is 75.9 cm³/mol. The summed E-state index contributed by atoms with van der Waals surface area (Å²) < 4.78 is 7.01. The number of methoxy groups -OCH3 is 1. The third kappa shape index (κ3) is 3.76. The second-order valence-electron chi connectivity index (χ2n) is 4.43. The van der Waals surface area contributed by atoms with Crippen molar-refractivity contribution in [3.8, 4) is 5.75 Å². The maximum Gasteiger partial charge on any atom is 0.273 e. The molecule has 1 aromatic carbocycles. The summed E-state index contributed by atoms with van der Waals surface area (Å²) in [5.74, 6) is 1.30. The maximum absolute atomic E-state index is 10.9. The zero-order valence-electron chi connectivity index (χ0n) is 11.9. The van der Waals surface area contributed by atoms with Crippen molar-refractivity contribution in [1.29, 1.82) is 0 Å². The van der Waals surface area contributed by atoms with E-state index in [4.69, 9.17) is 4.74 Å².